The zero-order valence-corrected chi connectivity index (χ0v) is 16.3. The number of halogens is 4. The normalized spacial score (nSPS) is 11.5. The molecule has 32 heavy (non-hydrogen) atoms. The first kappa shape index (κ1) is 21.2. The Morgan fingerprint density at radius 2 is 1.84 bits per heavy atom. The summed E-state index contributed by atoms with van der Waals surface area (Å²) in [6, 6.07) is 12.5. The van der Waals surface area contributed by atoms with Crippen molar-refractivity contribution in [2.24, 2.45) is 0 Å². The molecule has 0 saturated carbocycles. The number of carbonyl (C=O) groups excluding carboxylic acids is 1. The summed E-state index contributed by atoms with van der Waals surface area (Å²) in [7, 11) is 0. The standard InChI is InChI=1S/C21H15F4N5O2/c22-17-4-2-1-3-14(17)10-26-18(31)9-15-11-30(12-27-15)16-7-5-13(6-8-16)19-28-20(32-29-19)21(23,24)25/h1-8,11-12H,9-10H2,(H,26,31). The Morgan fingerprint density at radius 1 is 1.09 bits per heavy atom. The van der Waals surface area contributed by atoms with Gasteiger partial charge >= 0.3 is 12.1 Å². The summed E-state index contributed by atoms with van der Waals surface area (Å²) in [5, 5.41) is 5.99. The minimum atomic E-state index is -4.71. The Hall–Kier alpha value is -4.02. The quantitative estimate of drug-likeness (QED) is 0.455. The van der Waals surface area contributed by atoms with E-state index < -0.39 is 17.9 Å². The molecule has 0 aliphatic rings. The third-order valence-corrected chi connectivity index (χ3v) is 4.50. The van der Waals surface area contributed by atoms with Crippen molar-refractivity contribution in [1.82, 2.24) is 25.0 Å². The topological polar surface area (TPSA) is 85.8 Å². The molecule has 4 rings (SSSR count). The van der Waals surface area contributed by atoms with E-state index in [9.17, 15) is 22.4 Å². The molecule has 4 aromatic rings. The van der Waals surface area contributed by atoms with Crippen LogP contribution in [0, 0.1) is 5.82 Å². The number of alkyl halides is 3. The average molecular weight is 445 g/mol. The van der Waals surface area contributed by atoms with Gasteiger partial charge in [-0.15, -0.1) is 0 Å². The van der Waals surface area contributed by atoms with Crippen molar-refractivity contribution in [2.75, 3.05) is 0 Å². The molecular formula is C21H15F4N5O2. The van der Waals surface area contributed by atoms with E-state index >= 15 is 0 Å². The first-order valence-corrected chi connectivity index (χ1v) is 9.34. The van der Waals surface area contributed by atoms with E-state index in [2.05, 4.69) is 25.0 Å². The van der Waals surface area contributed by atoms with Crippen LogP contribution in [-0.2, 0) is 23.9 Å². The summed E-state index contributed by atoms with van der Waals surface area (Å²) in [5.74, 6) is -2.30. The number of hydrogen-bond acceptors (Lipinski definition) is 5. The van der Waals surface area contributed by atoms with Gasteiger partial charge < -0.3 is 14.4 Å². The molecule has 0 spiro atoms. The highest BCUT2D eigenvalue weighted by Gasteiger charge is 2.38. The Labute approximate surface area is 178 Å². The van der Waals surface area contributed by atoms with Crippen LogP contribution >= 0.6 is 0 Å². The summed E-state index contributed by atoms with van der Waals surface area (Å²) in [6.45, 7) is 0.0693. The van der Waals surface area contributed by atoms with Crippen molar-refractivity contribution in [3.8, 4) is 17.1 Å². The van der Waals surface area contributed by atoms with Crippen molar-refractivity contribution < 1.29 is 26.9 Å². The molecule has 0 aliphatic carbocycles. The van der Waals surface area contributed by atoms with Gasteiger partial charge in [0.25, 0.3) is 0 Å². The van der Waals surface area contributed by atoms with Crippen LogP contribution in [0.2, 0.25) is 0 Å². The number of hydrogen-bond donors (Lipinski definition) is 1. The summed E-state index contributed by atoms with van der Waals surface area (Å²) < 4.78 is 57.3. The highest BCUT2D eigenvalue weighted by atomic mass is 19.4. The SMILES string of the molecule is O=C(Cc1cn(-c2ccc(-c3noc(C(F)(F)F)n3)cc2)cn1)NCc1ccccc1F. The molecule has 0 fully saturated rings. The molecule has 1 N–H and O–H groups in total. The second kappa shape index (κ2) is 8.61. The number of imidazole rings is 1. The molecule has 1 amide bonds. The molecule has 11 heteroatoms. The zero-order chi connectivity index (χ0) is 22.7. The number of aromatic nitrogens is 4. The number of benzene rings is 2. The molecule has 0 radical (unpaired) electrons. The lowest BCUT2D eigenvalue weighted by Crippen LogP contribution is -2.25. The molecular weight excluding hydrogens is 430 g/mol. The van der Waals surface area contributed by atoms with E-state index in [1.54, 1.807) is 53.2 Å². The fourth-order valence-corrected chi connectivity index (χ4v) is 2.90. The highest BCUT2D eigenvalue weighted by molar-refractivity contribution is 5.78. The fraction of sp³-hybridized carbons (Fsp3) is 0.143. The monoisotopic (exact) mass is 445 g/mol. The molecule has 0 atom stereocenters. The Morgan fingerprint density at radius 3 is 2.53 bits per heavy atom. The van der Waals surface area contributed by atoms with Crippen LogP contribution in [0.1, 0.15) is 17.1 Å². The largest absolute Gasteiger partial charge is 0.471 e. The molecule has 0 bridgehead atoms. The third-order valence-electron chi connectivity index (χ3n) is 4.50. The summed E-state index contributed by atoms with van der Waals surface area (Å²) in [5.41, 5.74) is 1.89. The van der Waals surface area contributed by atoms with Crippen molar-refractivity contribution >= 4 is 5.91 Å². The van der Waals surface area contributed by atoms with Crippen LogP contribution < -0.4 is 5.32 Å². The van der Waals surface area contributed by atoms with Crippen LogP contribution in [0.3, 0.4) is 0 Å². The molecule has 7 nitrogen and oxygen atoms in total. The molecule has 0 saturated heterocycles. The fourth-order valence-electron chi connectivity index (χ4n) is 2.90. The van der Waals surface area contributed by atoms with E-state index in [1.807, 2.05) is 0 Å². The maximum absolute atomic E-state index is 13.6. The summed E-state index contributed by atoms with van der Waals surface area (Å²) in [6.07, 6.45) is -1.55. The molecule has 164 valence electrons. The molecule has 0 unspecified atom stereocenters. The second-order valence-electron chi connectivity index (χ2n) is 6.78. The van der Waals surface area contributed by atoms with Gasteiger partial charge in [-0.2, -0.15) is 18.2 Å². The lowest BCUT2D eigenvalue weighted by molar-refractivity contribution is -0.159. The van der Waals surface area contributed by atoms with Gasteiger partial charge in [-0.1, -0.05) is 23.4 Å². The molecule has 2 aromatic heterocycles. The average Bonchev–Trinajstić information content (AvgIpc) is 3.43. The van der Waals surface area contributed by atoms with Gasteiger partial charge in [0.1, 0.15) is 5.82 Å². The minimum Gasteiger partial charge on any atom is -0.352 e. The van der Waals surface area contributed by atoms with E-state index in [-0.39, 0.29) is 24.7 Å². The van der Waals surface area contributed by atoms with E-state index in [0.717, 1.165) is 0 Å². The molecule has 0 aliphatic heterocycles. The first-order chi connectivity index (χ1) is 15.3. The van der Waals surface area contributed by atoms with Gasteiger partial charge in [-0.25, -0.2) is 9.37 Å². The number of nitrogens with one attached hydrogen (secondary N) is 1. The predicted molar refractivity (Wildman–Crippen MR) is 104 cm³/mol. The van der Waals surface area contributed by atoms with Crippen molar-refractivity contribution in [3.63, 3.8) is 0 Å². The predicted octanol–water partition coefficient (Wildman–Crippen LogP) is 3.94. The second-order valence-corrected chi connectivity index (χ2v) is 6.78. The zero-order valence-electron chi connectivity index (χ0n) is 16.3. The van der Waals surface area contributed by atoms with Crippen LogP contribution in [0.25, 0.3) is 17.1 Å². The first-order valence-electron chi connectivity index (χ1n) is 9.34. The number of amides is 1. The van der Waals surface area contributed by atoms with Crippen molar-refractivity contribution in [2.45, 2.75) is 19.1 Å². The van der Waals surface area contributed by atoms with Gasteiger partial charge in [-0.05, 0) is 30.3 Å². The van der Waals surface area contributed by atoms with Crippen LogP contribution in [0.15, 0.2) is 65.6 Å². The van der Waals surface area contributed by atoms with Gasteiger partial charge in [-0.3, -0.25) is 4.79 Å². The maximum Gasteiger partial charge on any atom is 0.471 e. The molecule has 2 aromatic carbocycles. The number of carbonyl (C=O) groups is 1. The lowest BCUT2D eigenvalue weighted by atomic mass is 10.2. The van der Waals surface area contributed by atoms with E-state index in [1.165, 1.54) is 12.4 Å². The minimum absolute atomic E-state index is 0.00259. The third kappa shape index (κ3) is 4.82. The van der Waals surface area contributed by atoms with Gasteiger partial charge in [0.2, 0.25) is 11.7 Å². The Kier molecular flexibility index (Phi) is 5.71. The summed E-state index contributed by atoms with van der Waals surface area (Å²) in [4.78, 5) is 19.7. The maximum atomic E-state index is 13.6. The molecule has 2 heterocycles. The van der Waals surface area contributed by atoms with Crippen LogP contribution in [0.5, 0.6) is 0 Å². The van der Waals surface area contributed by atoms with Crippen molar-refractivity contribution in [1.29, 1.82) is 0 Å². The van der Waals surface area contributed by atoms with Gasteiger partial charge in [0, 0.05) is 29.6 Å². The van der Waals surface area contributed by atoms with E-state index in [4.69, 9.17) is 0 Å². The Balaban J connectivity index is 1.38. The van der Waals surface area contributed by atoms with Gasteiger partial charge in [0.15, 0.2) is 0 Å². The number of rotatable bonds is 6. The van der Waals surface area contributed by atoms with Crippen LogP contribution in [-0.4, -0.2) is 25.6 Å². The summed E-state index contributed by atoms with van der Waals surface area (Å²) >= 11 is 0. The Bertz CT molecular complexity index is 1230. The lowest BCUT2D eigenvalue weighted by Gasteiger charge is -2.05. The smallest absolute Gasteiger partial charge is 0.352 e. The van der Waals surface area contributed by atoms with E-state index in [0.29, 0.717) is 22.5 Å². The highest BCUT2D eigenvalue weighted by Crippen LogP contribution is 2.29. The van der Waals surface area contributed by atoms with Crippen LogP contribution in [0.4, 0.5) is 17.6 Å². The number of nitrogens with zero attached hydrogens (tertiary/aromatic N) is 4. The van der Waals surface area contributed by atoms with Crippen molar-refractivity contribution in [3.05, 3.63) is 84.0 Å². The van der Waals surface area contributed by atoms with Gasteiger partial charge in [0.05, 0.1) is 18.4 Å².